The number of aliphatic carboxylic acids is 1. The van der Waals surface area contributed by atoms with E-state index in [9.17, 15) is 9.59 Å². The number of rotatable bonds is 6. The quantitative estimate of drug-likeness (QED) is 0.782. The van der Waals surface area contributed by atoms with Gasteiger partial charge in [-0.05, 0) is 37.8 Å². The fraction of sp³-hybridized carbons (Fsp3) is 0.429. The minimum absolute atomic E-state index is 0.117. The number of nitrogens with one attached hydrogen (secondary N) is 1. The summed E-state index contributed by atoms with van der Waals surface area (Å²) < 4.78 is 0. The number of aryl methyl sites for hydroxylation is 1. The van der Waals surface area contributed by atoms with Gasteiger partial charge in [0, 0.05) is 4.90 Å². The number of hydrogen-bond donors (Lipinski definition) is 2. The lowest BCUT2D eigenvalue weighted by atomic mass is 10.2. The van der Waals surface area contributed by atoms with E-state index in [2.05, 4.69) is 5.32 Å². The highest BCUT2D eigenvalue weighted by atomic mass is 32.2. The number of amides is 1. The van der Waals surface area contributed by atoms with Crippen LogP contribution in [0.1, 0.15) is 18.4 Å². The molecule has 1 aromatic carbocycles. The third-order valence-corrected chi connectivity index (χ3v) is 4.08. The highest BCUT2D eigenvalue weighted by molar-refractivity contribution is 8.00. The molecule has 1 saturated carbocycles. The van der Waals surface area contributed by atoms with Gasteiger partial charge in [0.05, 0.1) is 5.75 Å². The van der Waals surface area contributed by atoms with Gasteiger partial charge in [-0.2, -0.15) is 0 Å². The van der Waals surface area contributed by atoms with Crippen LogP contribution in [0.25, 0.3) is 0 Å². The Kier molecular flexibility index (Phi) is 4.47. The van der Waals surface area contributed by atoms with Gasteiger partial charge in [0.25, 0.3) is 0 Å². The van der Waals surface area contributed by atoms with E-state index in [1.165, 1.54) is 17.3 Å². The molecule has 1 aliphatic carbocycles. The monoisotopic (exact) mass is 279 g/mol. The first-order chi connectivity index (χ1) is 9.06. The van der Waals surface area contributed by atoms with E-state index in [0.717, 1.165) is 17.7 Å². The van der Waals surface area contributed by atoms with Crippen molar-refractivity contribution in [2.24, 2.45) is 5.92 Å². The zero-order valence-corrected chi connectivity index (χ0v) is 11.6. The zero-order chi connectivity index (χ0) is 13.8. The minimum Gasteiger partial charge on any atom is -0.480 e. The first-order valence-electron chi connectivity index (χ1n) is 6.28. The molecule has 19 heavy (non-hydrogen) atoms. The van der Waals surface area contributed by atoms with E-state index in [-0.39, 0.29) is 17.6 Å². The molecule has 2 N–H and O–H groups in total. The van der Waals surface area contributed by atoms with Crippen molar-refractivity contribution < 1.29 is 14.7 Å². The molecule has 1 atom stereocenters. The Morgan fingerprint density at radius 3 is 2.53 bits per heavy atom. The Bertz CT molecular complexity index is 468. The topological polar surface area (TPSA) is 66.4 Å². The lowest BCUT2D eigenvalue weighted by molar-refractivity contribution is -0.142. The van der Waals surface area contributed by atoms with Gasteiger partial charge in [-0.15, -0.1) is 11.8 Å². The van der Waals surface area contributed by atoms with E-state index in [1.807, 2.05) is 31.2 Å². The second kappa shape index (κ2) is 6.10. The molecule has 0 bridgehead atoms. The Labute approximate surface area is 116 Å². The second-order valence-corrected chi connectivity index (χ2v) is 5.87. The molecule has 0 heterocycles. The van der Waals surface area contributed by atoms with E-state index in [1.54, 1.807) is 0 Å². The lowest BCUT2D eigenvalue weighted by Crippen LogP contribution is -2.43. The predicted molar refractivity (Wildman–Crippen MR) is 74.2 cm³/mol. The molecule has 1 aromatic rings. The SMILES string of the molecule is Cc1ccc(SCC(=O)NC(C(=O)O)C2CC2)cc1. The van der Waals surface area contributed by atoms with Crippen molar-refractivity contribution in [3.8, 4) is 0 Å². The summed E-state index contributed by atoms with van der Waals surface area (Å²) in [6, 6.07) is 7.19. The van der Waals surface area contributed by atoms with Gasteiger partial charge in [0.1, 0.15) is 6.04 Å². The predicted octanol–water partition coefficient (Wildman–Crippen LogP) is 2.07. The Morgan fingerprint density at radius 2 is 2.00 bits per heavy atom. The molecular weight excluding hydrogens is 262 g/mol. The molecule has 2 rings (SSSR count). The van der Waals surface area contributed by atoms with Crippen LogP contribution in [0.2, 0.25) is 0 Å². The summed E-state index contributed by atoms with van der Waals surface area (Å²) in [5, 5.41) is 11.6. The highest BCUT2D eigenvalue weighted by Gasteiger charge is 2.37. The summed E-state index contributed by atoms with van der Waals surface area (Å²) in [6.07, 6.45) is 1.78. The summed E-state index contributed by atoms with van der Waals surface area (Å²) in [4.78, 5) is 23.8. The molecule has 102 valence electrons. The molecule has 4 nitrogen and oxygen atoms in total. The van der Waals surface area contributed by atoms with Crippen LogP contribution in [0, 0.1) is 12.8 Å². The lowest BCUT2D eigenvalue weighted by Gasteiger charge is -2.13. The Balaban J connectivity index is 1.80. The molecule has 1 unspecified atom stereocenters. The van der Waals surface area contributed by atoms with Gasteiger partial charge in [-0.25, -0.2) is 4.79 Å². The van der Waals surface area contributed by atoms with Crippen molar-refractivity contribution in [2.75, 3.05) is 5.75 Å². The smallest absolute Gasteiger partial charge is 0.326 e. The number of hydrogen-bond acceptors (Lipinski definition) is 3. The molecule has 0 saturated heterocycles. The fourth-order valence-corrected chi connectivity index (χ4v) is 2.52. The van der Waals surface area contributed by atoms with Crippen LogP contribution >= 0.6 is 11.8 Å². The van der Waals surface area contributed by atoms with E-state index in [4.69, 9.17) is 5.11 Å². The number of carbonyl (C=O) groups excluding carboxylic acids is 1. The third kappa shape index (κ3) is 4.28. The van der Waals surface area contributed by atoms with Crippen LogP contribution in [0.15, 0.2) is 29.2 Å². The summed E-state index contributed by atoms with van der Waals surface area (Å²) in [5.74, 6) is -0.786. The normalized spacial score (nSPS) is 15.8. The van der Waals surface area contributed by atoms with Crippen LogP contribution < -0.4 is 5.32 Å². The van der Waals surface area contributed by atoms with Crippen molar-refractivity contribution in [3.63, 3.8) is 0 Å². The first kappa shape index (κ1) is 13.9. The average molecular weight is 279 g/mol. The molecule has 1 fully saturated rings. The largest absolute Gasteiger partial charge is 0.480 e. The molecule has 1 amide bonds. The van der Waals surface area contributed by atoms with Crippen LogP contribution in [0.3, 0.4) is 0 Å². The summed E-state index contributed by atoms with van der Waals surface area (Å²) in [6.45, 7) is 2.01. The molecule has 1 aliphatic rings. The number of carbonyl (C=O) groups is 2. The van der Waals surface area contributed by atoms with Crippen LogP contribution in [-0.4, -0.2) is 28.8 Å². The summed E-state index contributed by atoms with van der Waals surface area (Å²) in [7, 11) is 0. The minimum atomic E-state index is -0.934. The molecule has 5 heteroatoms. The summed E-state index contributed by atoms with van der Waals surface area (Å²) >= 11 is 1.42. The van der Waals surface area contributed by atoms with Gasteiger partial charge in [0.2, 0.25) is 5.91 Å². The Hall–Kier alpha value is -1.49. The highest BCUT2D eigenvalue weighted by Crippen LogP contribution is 2.32. The van der Waals surface area contributed by atoms with Crippen molar-refractivity contribution in [1.29, 1.82) is 0 Å². The van der Waals surface area contributed by atoms with E-state index < -0.39 is 12.0 Å². The Morgan fingerprint density at radius 1 is 1.37 bits per heavy atom. The van der Waals surface area contributed by atoms with Gasteiger partial charge < -0.3 is 10.4 Å². The summed E-state index contributed by atoms with van der Waals surface area (Å²) in [5.41, 5.74) is 1.17. The number of carboxylic acids is 1. The maximum atomic E-state index is 11.7. The van der Waals surface area contributed by atoms with Crippen LogP contribution in [0.5, 0.6) is 0 Å². The van der Waals surface area contributed by atoms with Crippen molar-refractivity contribution in [2.45, 2.75) is 30.7 Å². The molecule has 0 spiro atoms. The van der Waals surface area contributed by atoms with Crippen LogP contribution in [0.4, 0.5) is 0 Å². The van der Waals surface area contributed by atoms with E-state index >= 15 is 0 Å². The molecule has 0 radical (unpaired) electrons. The van der Waals surface area contributed by atoms with Gasteiger partial charge in [0.15, 0.2) is 0 Å². The number of thioether (sulfide) groups is 1. The third-order valence-electron chi connectivity index (χ3n) is 3.07. The zero-order valence-electron chi connectivity index (χ0n) is 10.8. The number of benzene rings is 1. The van der Waals surface area contributed by atoms with Crippen molar-refractivity contribution in [1.82, 2.24) is 5.32 Å². The second-order valence-electron chi connectivity index (χ2n) is 4.82. The standard InChI is InChI=1S/C14H17NO3S/c1-9-2-6-11(7-3-9)19-8-12(16)15-13(14(17)18)10-4-5-10/h2-3,6-7,10,13H,4-5,8H2,1H3,(H,15,16)(H,17,18). The molecule has 0 aliphatic heterocycles. The maximum absolute atomic E-state index is 11.7. The van der Waals surface area contributed by atoms with Gasteiger partial charge in [-0.3, -0.25) is 4.79 Å². The van der Waals surface area contributed by atoms with E-state index in [0.29, 0.717) is 0 Å². The van der Waals surface area contributed by atoms with Crippen molar-refractivity contribution >= 4 is 23.6 Å². The van der Waals surface area contributed by atoms with Crippen LogP contribution in [-0.2, 0) is 9.59 Å². The number of carboxylic acid groups (broad SMARTS) is 1. The maximum Gasteiger partial charge on any atom is 0.326 e. The van der Waals surface area contributed by atoms with Gasteiger partial charge >= 0.3 is 5.97 Å². The first-order valence-corrected chi connectivity index (χ1v) is 7.26. The van der Waals surface area contributed by atoms with Crippen molar-refractivity contribution in [3.05, 3.63) is 29.8 Å². The van der Waals surface area contributed by atoms with Gasteiger partial charge in [-0.1, -0.05) is 17.7 Å². The average Bonchev–Trinajstić information content (AvgIpc) is 3.19. The fourth-order valence-electron chi connectivity index (χ4n) is 1.81. The molecule has 0 aromatic heterocycles. The molecular formula is C14H17NO3S.